The van der Waals surface area contributed by atoms with Crippen molar-refractivity contribution >= 4 is 5.84 Å². The molecule has 0 radical (unpaired) electrons. The van der Waals surface area contributed by atoms with Crippen LogP contribution in [-0.2, 0) is 0 Å². The lowest BCUT2D eigenvalue weighted by molar-refractivity contribution is 0.801. The molecular formula is C12H15N5. The zero-order valence-corrected chi connectivity index (χ0v) is 10.2. The molecule has 3 N–H and O–H groups in total. The number of aromatic nitrogens is 3. The molecule has 5 nitrogen and oxygen atoms in total. The number of amidine groups is 1. The van der Waals surface area contributed by atoms with Gasteiger partial charge in [0.1, 0.15) is 5.84 Å². The molecule has 0 aliphatic heterocycles. The summed E-state index contributed by atoms with van der Waals surface area (Å²) in [4.78, 5) is 4.41. The van der Waals surface area contributed by atoms with Crippen molar-refractivity contribution in [1.29, 1.82) is 5.41 Å². The van der Waals surface area contributed by atoms with E-state index >= 15 is 0 Å². The van der Waals surface area contributed by atoms with Crippen molar-refractivity contribution in [1.82, 2.24) is 14.8 Å². The van der Waals surface area contributed by atoms with E-state index in [-0.39, 0.29) is 5.84 Å². The van der Waals surface area contributed by atoms with Crippen molar-refractivity contribution in [2.24, 2.45) is 5.73 Å². The number of aryl methyl sites for hydroxylation is 3. The Hall–Kier alpha value is -2.17. The minimum Gasteiger partial charge on any atom is -0.384 e. The third kappa shape index (κ3) is 2.18. The zero-order chi connectivity index (χ0) is 12.6. The Morgan fingerprint density at radius 2 is 1.88 bits per heavy atom. The highest BCUT2D eigenvalue weighted by molar-refractivity contribution is 5.95. The van der Waals surface area contributed by atoms with Crippen LogP contribution in [-0.4, -0.2) is 20.6 Å². The average Bonchev–Trinajstić information content (AvgIpc) is 2.57. The van der Waals surface area contributed by atoms with Gasteiger partial charge in [0.25, 0.3) is 0 Å². The van der Waals surface area contributed by atoms with Crippen molar-refractivity contribution in [2.75, 3.05) is 0 Å². The fraction of sp³-hybridized carbons (Fsp3) is 0.250. The summed E-state index contributed by atoms with van der Waals surface area (Å²) in [5.41, 5.74) is 8.93. The molecule has 0 aliphatic carbocycles. The van der Waals surface area contributed by atoms with Crippen LogP contribution in [0.3, 0.4) is 0 Å². The molecular weight excluding hydrogens is 214 g/mol. The molecule has 0 fully saturated rings. The Balaban J connectivity index is 2.59. The monoisotopic (exact) mass is 229 g/mol. The van der Waals surface area contributed by atoms with Gasteiger partial charge in [0, 0.05) is 17.0 Å². The predicted octanol–water partition coefficient (Wildman–Crippen LogP) is 1.48. The molecule has 0 aromatic carbocycles. The molecule has 0 atom stereocenters. The van der Waals surface area contributed by atoms with E-state index in [2.05, 4.69) is 10.1 Å². The zero-order valence-electron chi connectivity index (χ0n) is 10.2. The maximum atomic E-state index is 7.47. The normalized spacial score (nSPS) is 10.5. The molecule has 0 amide bonds. The van der Waals surface area contributed by atoms with E-state index in [0.29, 0.717) is 11.4 Å². The van der Waals surface area contributed by atoms with Gasteiger partial charge in [-0.05, 0) is 39.0 Å². The lowest BCUT2D eigenvalue weighted by atomic mass is 10.2. The molecule has 17 heavy (non-hydrogen) atoms. The lowest BCUT2D eigenvalue weighted by Gasteiger charge is -2.07. The van der Waals surface area contributed by atoms with Gasteiger partial charge in [0.05, 0.1) is 5.69 Å². The molecule has 0 unspecified atom stereocenters. The van der Waals surface area contributed by atoms with Gasteiger partial charge < -0.3 is 5.73 Å². The molecule has 0 saturated heterocycles. The van der Waals surface area contributed by atoms with Gasteiger partial charge in [-0.2, -0.15) is 5.10 Å². The second kappa shape index (κ2) is 4.01. The van der Waals surface area contributed by atoms with Crippen LogP contribution >= 0.6 is 0 Å². The quantitative estimate of drug-likeness (QED) is 0.604. The summed E-state index contributed by atoms with van der Waals surface area (Å²) in [5, 5.41) is 11.8. The van der Waals surface area contributed by atoms with Gasteiger partial charge in [-0.3, -0.25) is 5.41 Å². The topological polar surface area (TPSA) is 80.6 Å². The van der Waals surface area contributed by atoms with Gasteiger partial charge >= 0.3 is 0 Å². The van der Waals surface area contributed by atoms with Crippen molar-refractivity contribution < 1.29 is 0 Å². The third-order valence-corrected chi connectivity index (χ3v) is 2.48. The molecule has 0 saturated carbocycles. The van der Waals surface area contributed by atoms with Crippen LogP contribution in [0.4, 0.5) is 0 Å². The van der Waals surface area contributed by atoms with Crippen molar-refractivity contribution in [3.8, 4) is 5.82 Å². The molecule has 88 valence electrons. The lowest BCUT2D eigenvalue weighted by Crippen LogP contribution is -2.13. The number of nitrogen functional groups attached to an aromatic ring is 1. The number of nitrogens with two attached hydrogens (primary N) is 1. The SMILES string of the molecule is Cc1cc(C(=N)N)cc(-n2nc(C)cc2C)n1. The molecule has 0 spiro atoms. The van der Waals surface area contributed by atoms with Crippen LogP contribution in [0, 0.1) is 26.2 Å². The molecule has 2 rings (SSSR count). The first-order valence-electron chi connectivity index (χ1n) is 5.34. The highest BCUT2D eigenvalue weighted by atomic mass is 15.3. The second-order valence-electron chi connectivity index (χ2n) is 4.11. The van der Waals surface area contributed by atoms with Crippen molar-refractivity contribution in [2.45, 2.75) is 20.8 Å². The van der Waals surface area contributed by atoms with Crippen molar-refractivity contribution in [3.05, 3.63) is 40.8 Å². The Kier molecular flexibility index (Phi) is 2.67. The fourth-order valence-corrected chi connectivity index (χ4v) is 1.78. The number of nitrogens with zero attached hydrogens (tertiary/aromatic N) is 3. The maximum absolute atomic E-state index is 7.47. The average molecular weight is 229 g/mol. The van der Waals surface area contributed by atoms with Crippen LogP contribution in [0.5, 0.6) is 0 Å². The summed E-state index contributed by atoms with van der Waals surface area (Å²) in [6.07, 6.45) is 0. The molecule has 0 bridgehead atoms. The van der Waals surface area contributed by atoms with Gasteiger partial charge in [0.2, 0.25) is 0 Å². The van der Waals surface area contributed by atoms with E-state index in [1.165, 1.54) is 0 Å². The van der Waals surface area contributed by atoms with Crippen LogP contribution in [0.2, 0.25) is 0 Å². The van der Waals surface area contributed by atoms with Gasteiger partial charge in [-0.15, -0.1) is 0 Å². The summed E-state index contributed by atoms with van der Waals surface area (Å²) < 4.78 is 1.76. The van der Waals surface area contributed by atoms with E-state index in [9.17, 15) is 0 Å². The first-order valence-corrected chi connectivity index (χ1v) is 5.34. The Morgan fingerprint density at radius 3 is 2.41 bits per heavy atom. The Labute approximate surface area is 99.8 Å². The highest BCUT2D eigenvalue weighted by Gasteiger charge is 2.08. The van der Waals surface area contributed by atoms with Crippen LogP contribution in [0.25, 0.3) is 5.82 Å². The second-order valence-corrected chi connectivity index (χ2v) is 4.11. The van der Waals surface area contributed by atoms with Crippen molar-refractivity contribution in [3.63, 3.8) is 0 Å². The first-order chi connectivity index (χ1) is 7.97. The van der Waals surface area contributed by atoms with E-state index < -0.39 is 0 Å². The smallest absolute Gasteiger partial charge is 0.154 e. The standard InChI is InChI=1S/C12H15N5/c1-7-5-10(12(13)14)6-11(15-7)17-9(3)4-8(2)16-17/h4-6H,1-3H3,(H3,13,14). The van der Waals surface area contributed by atoms with E-state index in [1.54, 1.807) is 16.8 Å². The van der Waals surface area contributed by atoms with Crippen LogP contribution < -0.4 is 5.73 Å². The largest absolute Gasteiger partial charge is 0.384 e. The minimum atomic E-state index is 0.0401. The number of hydrogen-bond donors (Lipinski definition) is 2. The predicted molar refractivity (Wildman–Crippen MR) is 66.6 cm³/mol. The van der Waals surface area contributed by atoms with Gasteiger partial charge in [0.15, 0.2) is 5.82 Å². The number of pyridine rings is 1. The van der Waals surface area contributed by atoms with E-state index in [0.717, 1.165) is 17.1 Å². The number of nitrogens with one attached hydrogen (secondary N) is 1. The first kappa shape index (κ1) is 11.3. The summed E-state index contributed by atoms with van der Waals surface area (Å²) in [5.74, 6) is 0.735. The maximum Gasteiger partial charge on any atom is 0.154 e. The summed E-state index contributed by atoms with van der Waals surface area (Å²) in [7, 11) is 0. The summed E-state index contributed by atoms with van der Waals surface area (Å²) in [6.45, 7) is 5.78. The fourth-order valence-electron chi connectivity index (χ4n) is 1.78. The van der Waals surface area contributed by atoms with Crippen LogP contribution in [0.15, 0.2) is 18.2 Å². The summed E-state index contributed by atoms with van der Waals surface area (Å²) >= 11 is 0. The van der Waals surface area contributed by atoms with E-state index in [1.807, 2.05) is 26.8 Å². The molecule has 2 aromatic heterocycles. The minimum absolute atomic E-state index is 0.0401. The summed E-state index contributed by atoms with van der Waals surface area (Å²) in [6, 6.07) is 5.55. The highest BCUT2D eigenvalue weighted by Crippen LogP contribution is 2.12. The number of hydrogen-bond acceptors (Lipinski definition) is 3. The molecule has 5 heteroatoms. The van der Waals surface area contributed by atoms with Crippen LogP contribution in [0.1, 0.15) is 22.6 Å². The number of rotatable bonds is 2. The van der Waals surface area contributed by atoms with Gasteiger partial charge in [-0.25, -0.2) is 9.67 Å². The molecule has 0 aliphatic rings. The Bertz CT molecular complexity index is 583. The molecule has 2 aromatic rings. The molecule has 2 heterocycles. The third-order valence-electron chi connectivity index (χ3n) is 2.48. The Morgan fingerprint density at radius 1 is 1.18 bits per heavy atom. The van der Waals surface area contributed by atoms with Gasteiger partial charge in [-0.1, -0.05) is 0 Å². The van der Waals surface area contributed by atoms with E-state index in [4.69, 9.17) is 11.1 Å².